The van der Waals surface area contributed by atoms with E-state index in [0.717, 1.165) is 17.9 Å². The molecule has 0 aliphatic carbocycles. The highest BCUT2D eigenvalue weighted by atomic mass is 32.2. The SMILES string of the molecule is CCSc1nnc(NC(=O)c2cccc(C(F)(F)F)c2)s1. The van der Waals surface area contributed by atoms with E-state index in [1.807, 2.05) is 6.92 Å². The molecule has 2 rings (SSSR count). The standard InChI is InChI=1S/C12H10F3N3OS2/c1-2-20-11-18-17-10(21-11)16-9(19)7-4-3-5-8(6-7)12(13,14)15/h3-6H,2H2,1H3,(H,16,17,19). The Morgan fingerprint density at radius 1 is 1.38 bits per heavy atom. The van der Waals surface area contributed by atoms with E-state index in [-0.39, 0.29) is 10.7 Å². The average molecular weight is 333 g/mol. The first kappa shape index (κ1) is 15.8. The Labute approximate surface area is 126 Å². The van der Waals surface area contributed by atoms with Crippen molar-refractivity contribution in [1.29, 1.82) is 0 Å². The van der Waals surface area contributed by atoms with Gasteiger partial charge in [0.25, 0.3) is 5.91 Å². The van der Waals surface area contributed by atoms with Crippen LogP contribution in [0.5, 0.6) is 0 Å². The van der Waals surface area contributed by atoms with E-state index in [2.05, 4.69) is 15.5 Å². The first-order valence-electron chi connectivity index (χ1n) is 5.85. The molecular formula is C12H10F3N3OS2. The molecule has 0 radical (unpaired) electrons. The smallest absolute Gasteiger partial charge is 0.296 e. The molecule has 0 spiro atoms. The molecule has 21 heavy (non-hydrogen) atoms. The van der Waals surface area contributed by atoms with Gasteiger partial charge in [0.1, 0.15) is 0 Å². The van der Waals surface area contributed by atoms with Gasteiger partial charge >= 0.3 is 6.18 Å². The van der Waals surface area contributed by atoms with Crippen LogP contribution in [0.2, 0.25) is 0 Å². The Morgan fingerprint density at radius 3 is 2.81 bits per heavy atom. The summed E-state index contributed by atoms with van der Waals surface area (Å²) >= 11 is 2.65. The Kier molecular flexibility index (Phi) is 4.84. The maximum Gasteiger partial charge on any atom is 0.416 e. The van der Waals surface area contributed by atoms with Gasteiger partial charge in [-0.2, -0.15) is 13.2 Å². The van der Waals surface area contributed by atoms with Gasteiger partial charge in [-0.1, -0.05) is 36.1 Å². The maximum atomic E-state index is 12.6. The van der Waals surface area contributed by atoms with Crippen LogP contribution in [0.25, 0.3) is 0 Å². The van der Waals surface area contributed by atoms with Crippen molar-refractivity contribution < 1.29 is 18.0 Å². The van der Waals surface area contributed by atoms with Crippen molar-refractivity contribution in [2.45, 2.75) is 17.4 Å². The molecule has 1 aromatic carbocycles. The fraction of sp³-hybridized carbons (Fsp3) is 0.250. The van der Waals surface area contributed by atoms with Crippen molar-refractivity contribution in [3.05, 3.63) is 35.4 Å². The maximum absolute atomic E-state index is 12.6. The normalized spacial score (nSPS) is 11.4. The lowest BCUT2D eigenvalue weighted by atomic mass is 10.1. The van der Waals surface area contributed by atoms with Crippen molar-refractivity contribution in [3.8, 4) is 0 Å². The number of nitrogens with one attached hydrogen (secondary N) is 1. The van der Waals surface area contributed by atoms with Gasteiger partial charge in [0.2, 0.25) is 5.13 Å². The van der Waals surface area contributed by atoms with Crippen LogP contribution in [-0.4, -0.2) is 21.9 Å². The molecule has 1 N–H and O–H groups in total. The number of nitrogens with zero attached hydrogens (tertiary/aromatic N) is 2. The minimum atomic E-state index is -4.48. The summed E-state index contributed by atoms with van der Waals surface area (Å²) in [6, 6.07) is 4.22. The summed E-state index contributed by atoms with van der Waals surface area (Å²) in [5.74, 6) is 0.168. The number of amides is 1. The van der Waals surface area contributed by atoms with Crippen molar-refractivity contribution in [3.63, 3.8) is 0 Å². The molecule has 2 aromatic rings. The minimum Gasteiger partial charge on any atom is -0.296 e. The number of benzene rings is 1. The predicted octanol–water partition coefficient (Wildman–Crippen LogP) is 3.92. The Balaban J connectivity index is 2.12. The molecule has 0 unspecified atom stereocenters. The molecule has 0 fully saturated rings. The van der Waals surface area contributed by atoms with Gasteiger partial charge in [-0.05, 0) is 24.0 Å². The number of aromatic nitrogens is 2. The highest BCUT2D eigenvalue weighted by molar-refractivity contribution is 8.01. The predicted molar refractivity (Wildman–Crippen MR) is 75.7 cm³/mol. The Hall–Kier alpha value is -1.61. The van der Waals surface area contributed by atoms with Gasteiger partial charge in [0.05, 0.1) is 5.56 Å². The quantitative estimate of drug-likeness (QED) is 0.680. The van der Waals surface area contributed by atoms with E-state index in [0.29, 0.717) is 4.34 Å². The first-order valence-corrected chi connectivity index (χ1v) is 7.65. The molecule has 4 nitrogen and oxygen atoms in total. The molecule has 1 amide bonds. The molecule has 0 aliphatic heterocycles. The van der Waals surface area contributed by atoms with Crippen molar-refractivity contribution in [1.82, 2.24) is 10.2 Å². The number of thioether (sulfide) groups is 1. The van der Waals surface area contributed by atoms with Crippen LogP contribution in [0, 0.1) is 0 Å². The molecule has 0 saturated heterocycles. The summed E-state index contributed by atoms with van der Waals surface area (Å²) in [6.45, 7) is 1.95. The number of hydrogen-bond donors (Lipinski definition) is 1. The number of alkyl halides is 3. The second kappa shape index (κ2) is 6.44. The molecule has 1 aromatic heterocycles. The molecule has 0 aliphatic rings. The van der Waals surface area contributed by atoms with Gasteiger partial charge in [0, 0.05) is 5.56 Å². The largest absolute Gasteiger partial charge is 0.416 e. The topological polar surface area (TPSA) is 54.9 Å². The van der Waals surface area contributed by atoms with Crippen LogP contribution in [0.4, 0.5) is 18.3 Å². The second-order valence-electron chi connectivity index (χ2n) is 3.84. The summed E-state index contributed by atoms with van der Waals surface area (Å²) < 4.78 is 38.5. The number of rotatable bonds is 4. The Morgan fingerprint density at radius 2 is 2.14 bits per heavy atom. The Bertz CT molecular complexity index is 643. The highest BCUT2D eigenvalue weighted by Gasteiger charge is 2.30. The molecule has 0 atom stereocenters. The zero-order chi connectivity index (χ0) is 15.5. The second-order valence-corrected chi connectivity index (χ2v) is 6.33. The third kappa shape index (κ3) is 4.18. The summed E-state index contributed by atoms with van der Waals surface area (Å²) in [5, 5.41) is 10.3. The monoisotopic (exact) mass is 333 g/mol. The van der Waals surface area contributed by atoms with Crippen molar-refractivity contribution in [2.75, 3.05) is 11.1 Å². The molecule has 112 valence electrons. The number of halogens is 3. The summed E-state index contributed by atoms with van der Waals surface area (Å²) in [7, 11) is 0. The van der Waals surface area contributed by atoms with E-state index in [4.69, 9.17) is 0 Å². The minimum absolute atomic E-state index is 0.0790. The third-order valence-corrected chi connectivity index (χ3v) is 4.20. The van der Waals surface area contributed by atoms with E-state index >= 15 is 0 Å². The van der Waals surface area contributed by atoms with Crippen LogP contribution < -0.4 is 5.32 Å². The fourth-order valence-electron chi connectivity index (χ4n) is 1.45. The number of carbonyl (C=O) groups is 1. The first-order chi connectivity index (χ1) is 9.90. The average Bonchev–Trinajstić information content (AvgIpc) is 2.86. The van der Waals surface area contributed by atoms with Crippen LogP contribution >= 0.6 is 23.1 Å². The number of carbonyl (C=O) groups excluding carboxylic acids is 1. The highest BCUT2D eigenvalue weighted by Crippen LogP contribution is 2.30. The molecule has 0 saturated carbocycles. The lowest BCUT2D eigenvalue weighted by Gasteiger charge is -2.08. The van der Waals surface area contributed by atoms with Gasteiger partial charge in [-0.3, -0.25) is 10.1 Å². The molecule has 1 heterocycles. The van der Waals surface area contributed by atoms with Gasteiger partial charge in [-0.25, -0.2) is 0 Å². The van der Waals surface area contributed by atoms with Crippen LogP contribution in [0.15, 0.2) is 28.6 Å². The van der Waals surface area contributed by atoms with Crippen LogP contribution in [-0.2, 0) is 6.18 Å². The molecule has 9 heteroatoms. The third-order valence-electron chi connectivity index (χ3n) is 2.35. The van der Waals surface area contributed by atoms with Crippen LogP contribution in [0.1, 0.15) is 22.8 Å². The van der Waals surface area contributed by atoms with Crippen LogP contribution in [0.3, 0.4) is 0 Å². The van der Waals surface area contributed by atoms with Crippen molar-refractivity contribution in [2.24, 2.45) is 0 Å². The zero-order valence-electron chi connectivity index (χ0n) is 10.8. The van der Waals surface area contributed by atoms with E-state index in [1.165, 1.54) is 35.2 Å². The van der Waals surface area contributed by atoms with Gasteiger partial charge in [-0.15, -0.1) is 10.2 Å². The fourth-order valence-corrected chi connectivity index (χ4v) is 3.09. The van der Waals surface area contributed by atoms with Gasteiger partial charge < -0.3 is 0 Å². The summed E-state index contributed by atoms with van der Waals surface area (Å²) in [5.41, 5.74) is -0.945. The zero-order valence-corrected chi connectivity index (χ0v) is 12.4. The van der Waals surface area contributed by atoms with E-state index in [9.17, 15) is 18.0 Å². The lowest BCUT2D eigenvalue weighted by Crippen LogP contribution is -2.13. The molecule has 0 bridgehead atoms. The number of anilines is 1. The lowest BCUT2D eigenvalue weighted by molar-refractivity contribution is -0.137. The van der Waals surface area contributed by atoms with Crippen molar-refractivity contribution >= 4 is 34.1 Å². The van der Waals surface area contributed by atoms with Gasteiger partial charge in [0.15, 0.2) is 4.34 Å². The number of hydrogen-bond acceptors (Lipinski definition) is 5. The summed E-state index contributed by atoms with van der Waals surface area (Å²) in [4.78, 5) is 11.9. The van der Waals surface area contributed by atoms with E-state index < -0.39 is 17.6 Å². The summed E-state index contributed by atoms with van der Waals surface area (Å²) in [6.07, 6.45) is -4.48. The van der Waals surface area contributed by atoms with E-state index in [1.54, 1.807) is 0 Å². The molecular weight excluding hydrogens is 323 g/mol.